The number of rotatable bonds is 3. The normalized spacial score (nSPS) is 13.4. The van der Waals surface area contributed by atoms with Crippen molar-refractivity contribution in [3.63, 3.8) is 0 Å². The first-order valence-corrected chi connectivity index (χ1v) is 7.25. The number of benzene rings is 1. The van der Waals surface area contributed by atoms with Gasteiger partial charge in [-0.3, -0.25) is 4.79 Å². The summed E-state index contributed by atoms with van der Waals surface area (Å²) in [6.07, 6.45) is -3.34. The summed E-state index contributed by atoms with van der Waals surface area (Å²) in [4.78, 5) is 18.8. The molecule has 0 bridgehead atoms. The molecule has 2 N–H and O–H groups in total. The van der Waals surface area contributed by atoms with E-state index in [0.29, 0.717) is 0 Å². The van der Waals surface area contributed by atoms with Crippen molar-refractivity contribution in [2.45, 2.75) is 25.6 Å². The van der Waals surface area contributed by atoms with Gasteiger partial charge in [-0.25, -0.2) is 9.37 Å². The van der Waals surface area contributed by atoms with Crippen molar-refractivity contribution >= 4 is 27.5 Å². The van der Waals surface area contributed by atoms with Crippen LogP contribution < -0.4 is 10.9 Å². The summed E-state index contributed by atoms with van der Waals surface area (Å²) in [6.45, 7) is 1.40. The van der Waals surface area contributed by atoms with Crippen LogP contribution in [0.15, 0.2) is 35.3 Å². The lowest BCUT2D eigenvalue weighted by Gasteiger charge is -2.21. The average molecular weight is 339 g/mol. The van der Waals surface area contributed by atoms with Crippen LogP contribution in [-0.4, -0.2) is 22.2 Å². The number of nitrogens with one attached hydrogen (secondary N) is 2. The van der Waals surface area contributed by atoms with E-state index in [1.165, 1.54) is 25.3 Å². The first kappa shape index (κ1) is 16.2. The van der Waals surface area contributed by atoms with Crippen molar-refractivity contribution in [3.8, 4) is 0 Å². The van der Waals surface area contributed by atoms with Crippen LogP contribution in [-0.2, 0) is 0 Å². The van der Waals surface area contributed by atoms with E-state index < -0.39 is 23.6 Å². The molecule has 1 atom stereocenters. The minimum absolute atomic E-state index is 0.0561. The summed E-state index contributed by atoms with van der Waals surface area (Å²) in [5, 5.41) is 2.92. The summed E-state index contributed by atoms with van der Waals surface area (Å²) in [7, 11) is 0. The molecule has 4 nitrogen and oxygen atoms in total. The number of hydrogen-bond donors (Lipinski definition) is 2. The lowest BCUT2D eigenvalue weighted by molar-refractivity contribution is -0.142. The van der Waals surface area contributed by atoms with Crippen molar-refractivity contribution in [1.29, 1.82) is 0 Å². The number of nitrogens with zero attached hydrogens (tertiary/aromatic N) is 1. The topological polar surface area (TPSA) is 57.8 Å². The molecule has 2 heterocycles. The largest absolute Gasteiger partial charge is 0.408 e. The highest BCUT2D eigenvalue weighted by molar-refractivity contribution is 6.09. The van der Waals surface area contributed by atoms with Gasteiger partial charge in [-0.2, -0.15) is 13.2 Å². The molecule has 0 aliphatic heterocycles. The fraction of sp³-hybridized carbons (Fsp3) is 0.250. The standard InChI is InChI=1S/C16H13F4N3O/c1-2-12(16(18,19)20)23-14-9-5-6-21-15(24)13(9)10-7-8(17)3-4-11(10)22-14/h3-7,12H,2H2,1H3,(H,21,24)(H,22,23)/t12-/m0/s1. The molecule has 0 aliphatic rings. The Morgan fingerprint density at radius 3 is 2.67 bits per heavy atom. The molecule has 0 spiro atoms. The second kappa shape index (κ2) is 5.77. The number of aromatic nitrogens is 2. The minimum Gasteiger partial charge on any atom is -0.358 e. The molecule has 8 heteroatoms. The van der Waals surface area contributed by atoms with Gasteiger partial charge in [0.2, 0.25) is 0 Å². The van der Waals surface area contributed by atoms with E-state index in [-0.39, 0.29) is 33.9 Å². The molecule has 0 unspecified atom stereocenters. The molecule has 24 heavy (non-hydrogen) atoms. The summed E-state index contributed by atoms with van der Waals surface area (Å²) in [5.41, 5.74) is -0.284. The lowest BCUT2D eigenvalue weighted by atomic mass is 10.1. The van der Waals surface area contributed by atoms with Crippen LogP contribution in [0.25, 0.3) is 21.7 Å². The molecule has 0 aliphatic carbocycles. The van der Waals surface area contributed by atoms with Crippen molar-refractivity contribution < 1.29 is 17.6 Å². The van der Waals surface area contributed by atoms with Gasteiger partial charge in [0.1, 0.15) is 17.7 Å². The lowest BCUT2D eigenvalue weighted by Crippen LogP contribution is -2.36. The van der Waals surface area contributed by atoms with E-state index in [9.17, 15) is 22.4 Å². The highest BCUT2D eigenvalue weighted by Gasteiger charge is 2.38. The molecule has 0 radical (unpaired) electrons. The van der Waals surface area contributed by atoms with Crippen molar-refractivity contribution in [2.24, 2.45) is 0 Å². The van der Waals surface area contributed by atoms with Crippen LogP contribution in [0.3, 0.4) is 0 Å². The fourth-order valence-electron chi connectivity index (χ4n) is 2.62. The molecule has 3 aromatic rings. The average Bonchev–Trinajstić information content (AvgIpc) is 2.51. The van der Waals surface area contributed by atoms with E-state index in [2.05, 4.69) is 15.3 Å². The Morgan fingerprint density at radius 2 is 2.00 bits per heavy atom. The van der Waals surface area contributed by atoms with Gasteiger partial charge in [0, 0.05) is 17.0 Å². The Kier molecular flexibility index (Phi) is 3.90. The molecular weight excluding hydrogens is 326 g/mol. The smallest absolute Gasteiger partial charge is 0.358 e. The Morgan fingerprint density at radius 1 is 1.25 bits per heavy atom. The van der Waals surface area contributed by atoms with Gasteiger partial charge in [0.05, 0.1) is 10.9 Å². The molecule has 3 rings (SSSR count). The summed E-state index contributed by atoms with van der Waals surface area (Å²) >= 11 is 0. The summed E-state index contributed by atoms with van der Waals surface area (Å²) < 4.78 is 52.6. The van der Waals surface area contributed by atoms with E-state index in [4.69, 9.17) is 0 Å². The van der Waals surface area contributed by atoms with E-state index >= 15 is 0 Å². The van der Waals surface area contributed by atoms with Crippen LogP contribution in [0.1, 0.15) is 13.3 Å². The van der Waals surface area contributed by atoms with Gasteiger partial charge >= 0.3 is 6.18 Å². The Labute approximate surface area is 133 Å². The van der Waals surface area contributed by atoms with Gasteiger partial charge in [-0.05, 0) is 30.7 Å². The van der Waals surface area contributed by atoms with Crippen LogP contribution in [0.2, 0.25) is 0 Å². The van der Waals surface area contributed by atoms with E-state index in [1.54, 1.807) is 0 Å². The van der Waals surface area contributed by atoms with E-state index in [0.717, 1.165) is 12.1 Å². The number of hydrogen-bond acceptors (Lipinski definition) is 3. The molecule has 0 saturated carbocycles. The Bertz CT molecular complexity index is 965. The molecule has 126 valence electrons. The second-order valence-corrected chi connectivity index (χ2v) is 5.36. The van der Waals surface area contributed by atoms with Crippen LogP contribution >= 0.6 is 0 Å². The van der Waals surface area contributed by atoms with Gasteiger partial charge in [-0.15, -0.1) is 0 Å². The van der Waals surface area contributed by atoms with Gasteiger partial charge < -0.3 is 10.3 Å². The maximum Gasteiger partial charge on any atom is 0.408 e. The molecule has 1 aromatic carbocycles. The van der Waals surface area contributed by atoms with Crippen LogP contribution in [0.4, 0.5) is 23.4 Å². The number of pyridine rings is 2. The van der Waals surface area contributed by atoms with Crippen LogP contribution in [0, 0.1) is 5.82 Å². The van der Waals surface area contributed by atoms with Crippen molar-refractivity contribution in [3.05, 3.63) is 46.6 Å². The van der Waals surface area contributed by atoms with Crippen molar-refractivity contribution in [2.75, 3.05) is 5.32 Å². The zero-order valence-electron chi connectivity index (χ0n) is 12.5. The number of aromatic amines is 1. The summed E-state index contributed by atoms with van der Waals surface area (Å²) in [6, 6.07) is 3.26. The maximum absolute atomic E-state index is 13.5. The van der Waals surface area contributed by atoms with Crippen molar-refractivity contribution in [1.82, 2.24) is 9.97 Å². The number of halogens is 4. The fourth-order valence-corrected chi connectivity index (χ4v) is 2.62. The van der Waals surface area contributed by atoms with E-state index in [1.807, 2.05) is 0 Å². The molecule has 2 aromatic heterocycles. The SMILES string of the molecule is CC[C@H](Nc1nc2ccc(F)cc2c2c(=O)[nH]ccc12)C(F)(F)F. The minimum atomic E-state index is -4.46. The zero-order valence-corrected chi connectivity index (χ0v) is 12.5. The third-order valence-electron chi connectivity index (χ3n) is 3.79. The third-order valence-corrected chi connectivity index (χ3v) is 3.79. The Balaban J connectivity index is 2.30. The number of H-pyrrole nitrogens is 1. The third kappa shape index (κ3) is 2.79. The number of alkyl halides is 3. The van der Waals surface area contributed by atoms with Gasteiger partial charge in [-0.1, -0.05) is 6.92 Å². The quantitative estimate of drug-likeness (QED) is 0.561. The molecule has 0 saturated heterocycles. The Hall–Kier alpha value is -2.64. The predicted octanol–water partition coefficient (Wildman–Crippen LogP) is 3.97. The highest BCUT2D eigenvalue weighted by atomic mass is 19.4. The first-order chi connectivity index (χ1) is 11.3. The second-order valence-electron chi connectivity index (χ2n) is 5.36. The van der Waals surface area contributed by atoms with Crippen LogP contribution in [0.5, 0.6) is 0 Å². The number of anilines is 1. The number of fused-ring (bicyclic) bond motifs is 3. The van der Waals surface area contributed by atoms with Gasteiger partial charge in [0.25, 0.3) is 5.56 Å². The molecule has 0 amide bonds. The molecular formula is C16H13F4N3O. The highest BCUT2D eigenvalue weighted by Crippen LogP contribution is 2.31. The first-order valence-electron chi connectivity index (χ1n) is 7.25. The summed E-state index contributed by atoms with van der Waals surface area (Å²) in [5.74, 6) is -0.615. The molecule has 0 fully saturated rings. The maximum atomic E-state index is 13.5. The van der Waals surface area contributed by atoms with Gasteiger partial charge in [0.15, 0.2) is 0 Å². The zero-order chi connectivity index (χ0) is 17.5. The monoisotopic (exact) mass is 339 g/mol. The predicted molar refractivity (Wildman–Crippen MR) is 83.6 cm³/mol.